The van der Waals surface area contributed by atoms with Gasteiger partial charge in [-0.1, -0.05) is 0 Å². The van der Waals surface area contributed by atoms with Crippen LogP contribution in [0.4, 0.5) is 0 Å². The summed E-state index contributed by atoms with van der Waals surface area (Å²) in [6.07, 6.45) is 9.09. The number of nitrogens with one attached hydrogen (secondary N) is 2. The van der Waals surface area contributed by atoms with Crippen molar-refractivity contribution in [3.05, 3.63) is 23.9 Å². The summed E-state index contributed by atoms with van der Waals surface area (Å²) in [7, 11) is 1.79. The third-order valence-corrected chi connectivity index (χ3v) is 5.56. The first-order valence-electron chi connectivity index (χ1n) is 8.63. The van der Waals surface area contributed by atoms with E-state index in [0.717, 1.165) is 36.8 Å². The molecule has 0 aliphatic heterocycles. The molecule has 1 aromatic heterocycles. The third kappa shape index (κ3) is 8.02. The number of halogens is 1. The van der Waals surface area contributed by atoms with E-state index in [2.05, 4.69) is 40.7 Å². The van der Waals surface area contributed by atoms with Crippen LogP contribution >= 0.6 is 35.7 Å². The normalized spacial score (nSPS) is 15.6. The summed E-state index contributed by atoms with van der Waals surface area (Å²) in [5, 5.41) is 6.72. The van der Waals surface area contributed by atoms with Crippen LogP contribution in [0.5, 0.6) is 5.88 Å². The van der Waals surface area contributed by atoms with E-state index < -0.39 is 0 Å². The minimum absolute atomic E-state index is 0. The molecule has 0 atom stereocenters. The molecule has 0 radical (unpaired) electrons. The molecule has 0 amide bonds. The first kappa shape index (κ1) is 22.3. The van der Waals surface area contributed by atoms with Crippen LogP contribution < -0.4 is 15.4 Å². The first-order valence-corrected chi connectivity index (χ1v) is 9.86. The van der Waals surface area contributed by atoms with Gasteiger partial charge in [0.1, 0.15) is 6.10 Å². The van der Waals surface area contributed by atoms with Gasteiger partial charge in [0.05, 0.1) is 0 Å². The molecule has 0 unspecified atom stereocenters. The van der Waals surface area contributed by atoms with Gasteiger partial charge in [0.2, 0.25) is 5.88 Å². The molecule has 1 aliphatic rings. The van der Waals surface area contributed by atoms with E-state index in [4.69, 9.17) is 4.74 Å². The summed E-state index contributed by atoms with van der Waals surface area (Å²) in [5.41, 5.74) is 1.14. The molecule has 2 N–H and O–H groups in total. The van der Waals surface area contributed by atoms with Gasteiger partial charge in [0.25, 0.3) is 0 Å². The van der Waals surface area contributed by atoms with Crippen LogP contribution in [0.15, 0.2) is 23.3 Å². The van der Waals surface area contributed by atoms with E-state index in [1.807, 2.05) is 30.1 Å². The molecule has 0 saturated heterocycles. The number of aliphatic imine (C=N–C) groups is 1. The lowest BCUT2D eigenvalue weighted by atomic mass is 10.2. The van der Waals surface area contributed by atoms with Gasteiger partial charge < -0.3 is 15.4 Å². The highest BCUT2D eigenvalue weighted by Gasteiger charge is 2.17. The topological polar surface area (TPSA) is 58.5 Å². The molecule has 5 nitrogen and oxygen atoms in total. The number of aromatic nitrogens is 1. The minimum atomic E-state index is 0. The smallest absolute Gasteiger partial charge is 0.213 e. The standard InChI is InChI=1S/C18H30N4OS.HI/c1-18(2,24-4)13-22-17(19-3)21-12-14-9-10-20-16(11-14)23-15-7-5-6-8-15;/h9-11,15H,5-8,12-13H2,1-4H3,(H2,19,21,22);1H. The fraction of sp³-hybridized carbons (Fsp3) is 0.667. The molecule has 1 aliphatic carbocycles. The van der Waals surface area contributed by atoms with Gasteiger partial charge in [-0.05, 0) is 57.4 Å². The number of ether oxygens (including phenoxy) is 1. The van der Waals surface area contributed by atoms with Gasteiger partial charge in [-0.2, -0.15) is 11.8 Å². The van der Waals surface area contributed by atoms with E-state index >= 15 is 0 Å². The fourth-order valence-electron chi connectivity index (χ4n) is 2.58. The van der Waals surface area contributed by atoms with Crippen molar-refractivity contribution in [3.8, 4) is 5.88 Å². The maximum Gasteiger partial charge on any atom is 0.213 e. The Morgan fingerprint density at radius 3 is 2.72 bits per heavy atom. The van der Waals surface area contributed by atoms with Gasteiger partial charge >= 0.3 is 0 Å². The molecule has 1 saturated carbocycles. The zero-order chi connectivity index (χ0) is 17.4. The number of hydrogen-bond acceptors (Lipinski definition) is 4. The predicted molar refractivity (Wildman–Crippen MR) is 118 cm³/mol. The lowest BCUT2D eigenvalue weighted by molar-refractivity contribution is 0.201. The summed E-state index contributed by atoms with van der Waals surface area (Å²) in [6, 6.07) is 4.03. The Morgan fingerprint density at radius 2 is 2.08 bits per heavy atom. The zero-order valence-corrected chi connectivity index (χ0v) is 18.8. The molecule has 1 heterocycles. The highest BCUT2D eigenvalue weighted by atomic mass is 127. The number of guanidine groups is 1. The van der Waals surface area contributed by atoms with Crippen LogP contribution in [-0.2, 0) is 6.54 Å². The number of rotatable bonds is 7. The van der Waals surface area contributed by atoms with Crippen molar-refractivity contribution in [2.24, 2.45) is 4.99 Å². The molecular formula is C18H31IN4OS. The summed E-state index contributed by atoms with van der Waals surface area (Å²) in [4.78, 5) is 8.62. The Kier molecular flexibility index (Phi) is 9.92. The van der Waals surface area contributed by atoms with E-state index in [-0.39, 0.29) is 28.7 Å². The van der Waals surface area contributed by atoms with Gasteiger partial charge in [-0.25, -0.2) is 4.98 Å². The van der Waals surface area contributed by atoms with Gasteiger partial charge in [0, 0.05) is 37.1 Å². The summed E-state index contributed by atoms with van der Waals surface area (Å²) in [5.74, 6) is 1.54. The average molecular weight is 478 g/mol. The predicted octanol–water partition coefficient (Wildman–Crippen LogP) is 3.83. The van der Waals surface area contributed by atoms with Crippen LogP contribution in [0.2, 0.25) is 0 Å². The lowest BCUT2D eigenvalue weighted by Crippen LogP contribution is -2.42. The van der Waals surface area contributed by atoms with Crippen molar-refractivity contribution in [2.75, 3.05) is 19.8 Å². The second kappa shape index (κ2) is 11.1. The number of hydrogen-bond donors (Lipinski definition) is 2. The summed E-state index contributed by atoms with van der Waals surface area (Å²) < 4.78 is 6.15. The minimum Gasteiger partial charge on any atom is -0.474 e. The van der Waals surface area contributed by atoms with E-state index in [0.29, 0.717) is 12.6 Å². The van der Waals surface area contributed by atoms with Crippen LogP contribution in [0, 0.1) is 0 Å². The zero-order valence-electron chi connectivity index (χ0n) is 15.7. The quantitative estimate of drug-likeness (QED) is 0.355. The van der Waals surface area contributed by atoms with Crippen molar-refractivity contribution < 1.29 is 4.74 Å². The molecule has 142 valence electrons. The molecule has 1 fully saturated rings. The maximum atomic E-state index is 5.97. The van der Waals surface area contributed by atoms with Gasteiger partial charge in [-0.3, -0.25) is 4.99 Å². The third-order valence-electron chi connectivity index (χ3n) is 4.31. The Morgan fingerprint density at radius 1 is 1.36 bits per heavy atom. The van der Waals surface area contributed by atoms with E-state index in [1.54, 1.807) is 7.05 Å². The molecule has 0 spiro atoms. The van der Waals surface area contributed by atoms with Crippen molar-refractivity contribution >= 4 is 41.7 Å². The van der Waals surface area contributed by atoms with E-state index in [9.17, 15) is 0 Å². The number of nitrogens with zero attached hydrogens (tertiary/aromatic N) is 2. The highest BCUT2D eigenvalue weighted by Crippen LogP contribution is 2.23. The Labute approximate surface area is 173 Å². The second-order valence-corrected chi connectivity index (χ2v) is 8.28. The van der Waals surface area contributed by atoms with E-state index in [1.165, 1.54) is 12.8 Å². The van der Waals surface area contributed by atoms with Gasteiger partial charge in [0.15, 0.2) is 5.96 Å². The van der Waals surface area contributed by atoms with Crippen molar-refractivity contribution in [1.29, 1.82) is 0 Å². The molecule has 25 heavy (non-hydrogen) atoms. The van der Waals surface area contributed by atoms with Crippen LogP contribution in [0.1, 0.15) is 45.1 Å². The Hall–Kier alpha value is -0.700. The maximum absolute atomic E-state index is 5.97. The van der Waals surface area contributed by atoms with Crippen LogP contribution in [0.3, 0.4) is 0 Å². The molecular weight excluding hydrogens is 447 g/mol. The lowest BCUT2D eigenvalue weighted by Gasteiger charge is -2.23. The number of thioether (sulfide) groups is 1. The monoisotopic (exact) mass is 478 g/mol. The summed E-state index contributed by atoms with van der Waals surface area (Å²) in [6.45, 7) is 5.99. The average Bonchev–Trinajstić information content (AvgIpc) is 3.08. The van der Waals surface area contributed by atoms with Gasteiger partial charge in [-0.15, -0.1) is 24.0 Å². The van der Waals surface area contributed by atoms with Crippen molar-refractivity contribution in [3.63, 3.8) is 0 Å². The molecule has 2 rings (SSSR count). The molecule has 1 aromatic rings. The van der Waals surface area contributed by atoms with Crippen LogP contribution in [-0.4, -0.2) is 41.6 Å². The second-order valence-electron chi connectivity index (χ2n) is 6.77. The Bertz CT molecular complexity index is 548. The largest absolute Gasteiger partial charge is 0.474 e. The SMILES string of the molecule is CN=C(NCc1ccnc(OC2CCCC2)c1)NCC(C)(C)SC.I. The van der Waals surface area contributed by atoms with Crippen molar-refractivity contribution in [2.45, 2.75) is 56.9 Å². The fourth-order valence-corrected chi connectivity index (χ4v) is 2.79. The summed E-state index contributed by atoms with van der Waals surface area (Å²) >= 11 is 1.84. The van der Waals surface area contributed by atoms with Crippen molar-refractivity contribution in [1.82, 2.24) is 15.6 Å². The van der Waals surface area contributed by atoms with Crippen LogP contribution in [0.25, 0.3) is 0 Å². The molecule has 0 bridgehead atoms. The Balaban J connectivity index is 0.00000312. The number of pyridine rings is 1. The molecule has 0 aromatic carbocycles. The highest BCUT2D eigenvalue weighted by molar-refractivity contribution is 14.0. The molecule has 7 heteroatoms. The first-order chi connectivity index (χ1) is 11.5.